The summed E-state index contributed by atoms with van der Waals surface area (Å²) in [4.78, 5) is 19.7. The zero-order valence-corrected chi connectivity index (χ0v) is 16.0. The molecule has 1 aliphatic heterocycles. The smallest absolute Gasteiger partial charge is 0.227 e. The van der Waals surface area contributed by atoms with Crippen LogP contribution < -0.4 is 10.1 Å². The molecule has 0 spiro atoms. The number of nitrogens with one attached hydrogen (secondary N) is 2. The molecule has 2 aromatic carbocycles. The number of aromatic nitrogens is 2. The summed E-state index contributed by atoms with van der Waals surface area (Å²) in [6, 6.07) is 15.3. The highest BCUT2D eigenvalue weighted by molar-refractivity contribution is 5.83. The number of aromatic amines is 1. The first-order chi connectivity index (χ1) is 14.2. The molecule has 2 N–H and O–H groups in total. The SMILES string of the molecule is N#Cc1ccc(Cc2ncc[nH]2)cc1Oc1cccc(C2CCCCNC2=O)c1. The highest BCUT2D eigenvalue weighted by Gasteiger charge is 2.22. The molecule has 2 heterocycles. The average Bonchev–Trinajstić information content (AvgIpc) is 3.14. The van der Waals surface area contributed by atoms with Gasteiger partial charge < -0.3 is 15.0 Å². The van der Waals surface area contributed by atoms with Gasteiger partial charge in [-0.25, -0.2) is 4.98 Å². The number of benzene rings is 2. The molecule has 0 saturated carbocycles. The molecule has 1 unspecified atom stereocenters. The second-order valence-corrected chi connectivity index (χ2v) is 7.17. The average molecular weight is 386 g/mol. The lowest BCUT2D eigenvalue weighted by Gasteiger charge is -2.15. The molecule has 4 rings (SSSR count). The Bertz CT molecular complexity index is 1040. The van der Waals surface area contributed by atoms with Gasteiger partial charge in [0.1, 0.15) is 23.4 Å². The fourth-order valence-electron chi connectivity index (χ4n) is 3.62. The van der Waals surface area contributed by atoms with E-state index in [1.165, 1.54) is 0 Å². The van der Waals surface area contributed by atoms with E-state index in [1.54, 1.807) is 18.5 Å². The lowest BCUT2D eigenvalue weighted by molar-refractivity contribution is -0.122. The van der Waals surface area contributed by atoms with Crippen LogP contribution in [0.4, 0.5) is 0 Å². The summed E-state index contributed by atoms with van der Waals surface area (Å²) in [5.41, 5.74) is 2.39. The Balaban J connectivity index is 1.58. The maximum absolute atomic E-state index is 12.4. The molecule has 29 heavy (non-hydrogen) atoms. The number of carbonyl (C=O) groups excluding carboxylic acids is 1. The molecular weight excluding hydrogens is 364 g/mol. The van der Waals surface area contributed by atoms with Crippen LogP contribution in [0.2, 0.25) is 0 Å². The number of hydrogen-bond acceptors (Lipinski definition) is 4. The summed E-state index contributed by atoms with van der Waals surface area (Å²) in [5, 5.41) is 12.4. The van der Waals surface area contributed by atoms with E-state index in [1.807, 2.05) is 36.4 Å². The fraction of sp³-hybridized carbons (Fsp3) is 0.261. The predicted molar refractivity (Wildman–Crippen MR) is 109 cm³/mol. The minimum absolute atomic E-state index is 0.0674. The molecule has 0 bridgehead atoms. The third-order valence-corrected chi connectivity index (χ3v) is 5.12. The minimum Gasteiger partial charge on any atom is -0.456 e. The van der Waals surface area contributed by atoms with E-state index in [4.69, 9.17) is 4.74 Å². The molecule has 1 aliphatic rings. The van der Waals surface area contributed by atoms with Crippen LogP contribution in [-0.4, -0.2) is 22.4 Å². The summed E-state index contributed by atoms with van der Waals surface area (Å²) < 4.78 is 6.07. The normalized spacial score (nSPS) is 16.5. The van der Waals surface area contributed by atoms with Gasteiger partial charge in [0, 0.05) is 25.4 Å². The second-order valence-electron chi connectivity index (χ2n) is 7.17. The second kappa shape index (κ2) is 8.61. The largest absolute Gasteiger partial charge is 0.456 e. The highest BCUT2D eigenvalue weighted by Crippen LogP contribution is 2.31. The van der Waals surface area contributed by atoms with Crippen molar-refractivity contribution in [2.75, 3.05) is 6.54 Å². The third kappa shape index (κ3) is 4.46. The zero-order chi connectivity index (χ0) is 20.1. The molecule has 6 nitrogen and oxygen atoms in total. The summed E-state index contributed by atoms with van der Waals surface area (Å²) in [6.07, 6.45) is 6.97. The molecular formula is C23H22N4O2. The number of carbonyl (C=O) groups is 1. The first-order valence-electron chi connectivity index (χ1n) is 9.80. The Hall–Kier alpha value is -3.59. The first-order valence-corrected chi connectivity index (χ1v) is 9.80. The molecule has 1 atom stereocenters. The van der Waals surface area contributed by atoms with E-state index in [9.17, 15) is 10.1 Å². The lowest BCUT2D eigenvalue weighted by Crippen LogP contribution is -2.27. The van der Waals surface area contributed by atoms with Crippen molar-refractivity contribution < 1.29 is 9.53 Å². The monoisotopic (exact) mass is 386 g/mol. The summed E-state index contributed by atoms with van der Waals surface area (Å²) in [7, 11) is 0. The number of ether oxygens (including phenoxy) is 1. The van der Waals surface area contributed by atoms with Crippen LogP contribution in [-0.2, 0) is 11.2 Å². The molecule has 0 radical (unpaired) electrons. The van der Waals surface area contributed by atoms with Crippen molar-refractivity contribution in [1.29, 1.82) is 5.26 Å². The van der Waals surface area contributed by atoms with Gasteiger partial charge in [0.25, 0.3) is 0 Å². The highest BCUT2D eigenvalue weighted by atomic mass is 16.5. The Morgan fingerprint density at radius 1 is 1.21 bits per heavy atom. The van der Waals surface area contributed by atoms with Crippen LogP contribution in [0.25, 0.3) is 0 Å². The quantitative estimate of drug-likeness (QED) is 0.692. The maximum Gasteiger partial charge on any atom is 0.227 e. The predicted octanol–water partition coefficient (Wildman–Crippen LogP) is 4.05. The maximum atomic E-state index is 12.4. The van der Waals surface area contributed by atoms with Crippen molar-refractivity contribution in [2.24, 2.45) is 0 Å². The van der Waals surface area contributed by atoms with Crippen molar-refractivity contribution in [3.8, 4) is 17.6 Å². The molecule has 3 aromatic rings. The van der Waals surface area contributed by atoms with Crippen LogP contribution >= 0.6 is 0 Å². The van der Waals surface area contributed by atoms with Gasteiger partial charge in [-0.05, 0) is 48.2 Å². The number of rotatable bonds is 5. The van der Waals surface area contributed by atoms with Crippen LogP contribution in [0, 0.1) is 11.3 Å². The number of H-pyrrole nitrogens is 1. The Labute approximate surface area is 169 Å². The van der Waals surface area contributed by atoms with E-state index < -0.39 is 0 Å². The fourth-order valence-corrected chi connectivity index (χ4v) is 3.62. The molecule has 6 heteroatoms. The Morgan fingerprint density at radius 3 is 2.97 bits per heavy atom. The van der Waals surface area contributed by atoms with Crippen LogP contribution in [0.15, 0.2) is 54.9 Å². The zero-order valence-electron chi connectivity index (χ0n) is 16.0. The van der Waals surface area contributed by atoms with Crippen LogP contribution in [0.3, 0.4) is 0 Å². The van der Waals surface area contributed by atoms with Gasteiger partial charge in [-0.3, -0.25) is 4.79 Å². The number of nitrogens with zero attached hydrogens (tertiary/aromatic N) is 2. The van der Waals surface area contributed by atoms with E-state index >= 15 is 0 Å². The Kier molecular flexibility index (Phi) is 5.57. The van der Waals surface area contributed by atoms with Gasteiger partial charge in [0.15, 0.2) is 0 Å². The van der Waals surface area contributed by atoms with Crippen molar-refractivity contribution in [2.45, 2.75) is 31.6 Å². The Morgan fingerprint density at radius 2 is 2.14 bits per heavy atom. The molecule has 0 aliphatic carbocycles. The van der Waals surface area contributed by atoms with Crippen molar-refractivity contribution in [3.05, 3.63) is 77.4 Å². The molecule has 1 aromatic heterocycles. The van der Waals surface area contributed by atoms with Gasteiger partial charge in [0.05, 0.1) is 11.5 Å². The summed E-state index contributed by atoms with van der Waals surface area (Å²) >= 11 is 0. The number of hydrogen-bond donors (Lipinski definition) is 2. The molecule has 1 saturated heterocycles. The minimum atomic E-state index is -0.165. The number of nitriles is 1. The van der Waals surface area contributed by atoms with E-state index in [0.29, 0.717) is 23.5 Å². The third-order valence-electron chi connectivity index (χ3n) is 5.12. The molecule has 146 valence electrons. The lowest BCUT2D eigenvalue weighted by atomic mass is 9.93. The summed E-state index contributed by atoms with van der Waals surface area (Å²) in [6.45, 7) is 0.736. The number of imidazole rings is 1. The first kappa shape index (κ1) is 18.8. The van der Waals surface area contributed by atoms with Gasteiger partial charge in [-0.2, -0.15) is 5.26 Å². The van der Waals surface area contributed by atoms with Gasteiger partial charge in [-0.15, -0.1) is 0 Å². The van der Waals surface area contributed by atoms with Crippen LogP contribution in [0.1, 0.15) is 47.7 Å². The van der Waals surface area contributed by atoms with E-state index in [2.05, 4.69) is 21.4 Å². The topological polar surface area (TPSA) is 90.8 Å². The van der Waals surface area contributed by atoms with E-state index in [-0.39, 0.29) is 11.8 Å². The number of amides is 1. The van der Waals surface area contributed by atoms with E-state index in [0.717, 1.165) is 42.8 Å². The van der Waals surface area contributed by atoms with Gasteiger partial charge in [0.2, 0.25) is 5.91 Å². The van der Waals surface area contributed by atoms with Crippen molar-refractivity contribution in [3.63, 3.8) is 0 Å². The van der Waals surface area contributed by atoms with Gasteiger partial charge in [-0.1, -0.05) is 24.6 Å². The van der Waals surface area contributed by atoms with Crippen molar-refractivity contribution in [1.82, 2.24) is 15.3 Å². The standard InChI is InChI=1S/C23H22N4O2/c24-15-18-8-7-16(13-22-25-10-11-26-22)12-21(18)29-19-5-3-4-17(14-19)20-6-1-2-9-27-23(20)28/h3-5,7-8,10-12,14,20H,1-2,6,9,13H2,(H,25,26)(H,27,28). The van der Waals surface area contributed by atoms with Crippen LogP contribution in [0.5, 0.6) is 11.5 Å². The molecule has 1 amide bonds. The molecule has 1 fully saturated rings. The van der Waals surface area contributed by atoms with Crippen molar-refractivity contribution >= 4 is 5.91 Å². The summed E-state index contributed by atoms with van der Waals surface area (Å²) in [5.74, 6) is 1.87. The van der Waals surface area contributed by atoms with Gasteiger partial charge >= 0.3 is 0 Å².